The molecule has 0 aromatic heterocycles. The molecule has 0 unspecified atom stereocenters. The average molecular weight is 355 g/mol. The fourth-order valence-electron chi connectivity index (χ4n) is 2.62. The minimum atomic E-state index is -3.20. The summed E-state index contributed by atoms with van der Waals surface area (Å²) in [5.41, 5.74) is 0. The lowest BCUT2D eigenvalue weighted by atomic mass is 9.92. The molecule has 1 aliphatic rings. The van der Waals surface area contributed by atoms with Crippen molar-refractivity contribution >= 4 is 20.0 Å². The van der Waals surface area contributed by atoms with Crippen molar-refractivity contribution < 1.29 is 16.8 Å². The van der Waals surface area contributed by atoms with E-state index in [0.717, 1.165) is 12.8 Å². The molecule has 0 aromatic rings. The molecule has 1 aliphatic carbocycles. The van der Waals surface area contributed by atoms with Crippen LogP contribution < -0.4 is 9.44 Å². The van der Waals surface area contributed by atoms with Crippen LogP contribution >= 0.6 is 0 Å². The van der Waals surface area contributed by atoms with Crippen LogP contribution in [0.4, 0.5) is 0 Å². The number of unbranched alkanes of at least 4 members (excludes halogenated alkanes) is 2. The molecule has 1 fully saturated rings. The summed E-state index contributed by atoms with van der Waals surface area (Å²) < 4.78 is 52.9. The maximum Gasteiger partial charge on any atom is 0.211 e. The molecule has 0 amide bonds. The van der Waals surface area contributed by atoms with E-state index in [9.17, 15) is 16.8 Å². The Balaban J connectivity index is 2.37. The maximum absolute atomic E-state index is 11.9. The number of sulfonamides is 2. The van der Waals surface area contributed by atoms with Crippen molar-refractivity contribution in [3.63, 3.8) is 0 Å². The van der Waals surface area contributed by atoms with E-state index in [4.69, 9.17) is 0 Å². The van der Waals surface area contributed by atoms with E-state index in [1.54, 1.807) is 0 Å². The van der Waals surface area contributed by atoms with E-state index >= 15 is 0 Å². The monoisotopic (exact) mass is 354 g/mol. The van der Waals surface area contributed by atoms with E-state index < -0.39 is 20.0 Å². The largest absolute Gasteiger partial charge is 0.212 e. The smallest absolute Gasteiger partial charge is 0.211 e. The van der Waals surface area contributed by atoms with Gasteiger partial charge in [-0.2, -0.15) is 0 Å². The molecule has 1 saturated carbocycles. The number of hydrogen-bond donors (Lipinski definition) is 2. The van der Waals surface area contributed by atoms with Crippen LogP contribution in [0.1, 0.15) is 65.2 Å². The van der Waals surface area contributed by atoms with E-state index in [1.165, 1.54) is 0 Å². The van der Waals surface area contributed by atoms with Gasteiger partial charge in [-0.1, -0.05) is 26.7 Å². The summed E-state index contributed by atoms with van der Waals surface area (Å²) in [7, 11) is -6.39. The third-order valence-corrected chi connectivity index (χ3v) is 6.99. The lowest BCUT2D eigenvalue weighted by molar-refractivity contribution is 0.355. The molecule has 1 rings (SSSR count). The van der Waals surface area contributed by atoms with Crippen molar-refractivity contribution in [2.45, 2.75) is 77.3 Å². The van der Waals surface area contributed by atoms with Gasteiger partial charge in [0.05, 0.1) is 11.5 Å². The summed E-state index contributed by atoms with van der Waals surface area (Å²) in [6.45, 7) is 3.93. The molecule has 0 aromatic carbocycles. The second-order valence-corrected chi connectivity index (χ2v) is 9.88. The molecular formula is C14H30N2O4S2. The molecule has 0 spiro atoms. The highest BCUT2D eigenvalue weighted by atomic mass is 32.2. The fraction of sp³-hybridized carbons (Fsp3) is 1.00. The van der Waals surface area contributed by atoms with Crippen LogP contribution in [0.25, 0.3) is 0 Å². The molecule has 0 atom stereocenters. The highest BCUT2D eigenvalue weighted by Crippen LogP contribution is 2.20. The van der Waals surface area contributed by atoms with Crippen molar-refractivity contribution in [3.8, 4) is 0 Å². The van der Waals surface area contributed by atoms with Gasteiger partial charge in [0.1, 0.15) is 0 Å². The highest BCUT2D eigenvalue weighted by Gasteiger charge is 2.26. The van der Waals surface area contributed by atoms with Gasteiger partial charge in [0.2, 0.25) is 20.0 Å². The first-order chi connectivity index (χ1) is 10.3. The normalized spacial score (nSPS) is 23.5. The van der Waals surface area contributed by atoms with Gasteiger partial charge >= 0.3 is 0 Å². The van der Waals surface area contributed by atoms with Crippen LogP contribution in [-0.2, 0) is 20.0 Å². The molecule has 0 radical (unpaired) electrons. The van der Waals surface area contributed by atoms with E-state index in [-0.39, 0.29) is 23.6 Å². The fourth-order valence-corrected chi connectivity index (χ4v) is 5.68. The molecule has 0 heterocycles. The van der Waals surface area contributed by atoms with E-state index in [0.29, 0.717) is 38.5 Å². The standard InChI is InChI=1S/C14H30N2O4S2/c1-3-5-11-21(17,18)15-13-7-9-14(10-8-13)16-22(19,20)12-6-4-2/h13-16H,3-12H2,1-2H3. The van der Waals surface area contributed by atoms with Crippen molar-refractivity contribution in [2.24, 2.45) is 0 Å². The van der Waals surface area contributed by atoms with Gasteiger partial charge in [0.25, 0.3) is 0 Å². The molecule has 8 heteroatoms. The second kappa shape index (κ2) is 9.20. The van der Waals surface area contributed by atoms with Crippen LogP contribution in [0, 0.1) is 0 Å². The van der Waals surface area contributed by atoms with Gasteiger partial charge in [-0.05, 0) is 38.5 Å². The van der Waals surface area contributed by atoms with E-state index in [1.807, 2.05) is 13.8 Å². The van der Waals surface area contributed by atoms with Gasteiger partial charge in [0, 0.05) is 12.1 Å². The van der Waals surface area contributed by atoms with Crippen LogP contribution in [-0.4, -0.2) is 40.4 Å². The predicted octanol–water partition coefficient (Wildman–Crippen LogP) is 1.74. The topological polar surface area (TPSA) is 92.3 Å². The number of nitrogens with one attached hydrogen (secondary N) is 2. The number of hydrogen-bond acceptors (Lipinski definition) is 4. The second-order valence-electron chi connectivity index (χ2n) is 6.13. The van der Waals surface area contributed by atoms with Gasteiger partial charge in [0.15, 0.2) is 0 Å². The Labute approximate surface area is 135 Å². The summed E-state index contributed by atoms with van der Waals surface area (Å²) in [4.78, 5) is 0. The predicted molar refractivity (Wildman–Crippen MR) is 89.7 cm³/mol. The van der Waals surface area contributed by atoms with Gasteiger partial charge < -0.3 is 0 Å². The zero-order valence-electron chi connectivity index (χ0n) is 13.7. The van der Waals surface area contributed by atoms with E-state index in [2.05, 4.69) is 9.44 Å². The first-order valence-electron chi connectivity index (χ1n) is 8.28. The Morgan fingerprint density at radius 2 is 1.05 bits per heavy atom. The zero-order valence-corrected chi connectivity index (χ0v) is 15.3. The van der Waals surface area contributed by atoms with Crippen molar-refractivity contribution in [1.29, 1.82) is 0 Å². The third kappa shape index (κ3) is 7.89. The lowest BCUT2D eigenvalue weighted by Gasteiger charge is -2.29. The number of rotatable bonds is 10. The van der Waals surface area contributed by atoms with Crippen molar-refractivity contribution in [2.75, 3.05) is 11.5 Å². The van der Waals surface area contributed by atoms with Crippen molar-refractivity contribution in [1.82, 2.24) is 9.44 Å². The highest BCUT2D eigenvalue weighted by molar-refractivity contribution is 7.89. The van der Waals surface area contributed by atoms with Crippen LogP contribution in [0.2, 0.25) is 0 Å². The van der Waals surface area contributed by atoms with Gasteiger partial charge in [-0.3, -0.25) is 0 Å². The Morgan fingerprint density at radius 1 is 0.727 bits per heavy atom. The Kier molecular flexibility index (Phi) is 8.31. The average Bonchev–Trinajstić information content (AvgIpc) is 2.45. The molecule has 0 bridgehead atoms. The minimum absolute atomic E-state index is 0.0572. The SMILES string of the molecule is CCCCS(=O)(=O)NC1CCC(NS(=O)(=O)CCCC)CC1. The Hall–Kier alpha value is -0.180. The molecule has 6 nitrogen and oxygen atoms in total. The molecule has 0 saturated heterocycles. The Bertz CT molecular complexity index is 461. The van der Waals surface area contributed by atoms with Crippen LogP contribution in [0.15, 0.2) is 0 Å². The molecule has 132 valence electrons. The van der Waals surface area contributed by atoms with Crippen molar-refractivity contribution in [3.05, 3.63) is 0 Å². The first kappa shape index (κ1) is 19.9. The van der Waals surface area contributed by atoms with Gasteiger partial charge in [-0.15, -0.1) is 0 Å². The summed E-state index contributed by atoms with van der Waals surface area (Å²) >= 11 is 0. The molecular weight excluding hydrogens is 324 g/mol. The summed E-state index contributed by atoms with van der Waals surface area (Å²) in [5.74, 6) is 0.347. The maximum atomic E-state index is 11.9. The first-order valence-corrected chi connectivity index (χ1v) is 11.6. The lowest BCUT2D eigenvalue weighted by Crippen LogP contribution is -2.44. The Morgan fingerprint density at radius 3 is 1.32 bits per heavy atom. The van der Waals surface area contributed by atoms with Gasteiger partial charge in [-0.25, -0.2) is 26.3 Å². The summed E-state index contributed by atoms with van der Waals surface area (Å²) in [5, 5.41) is 0. The van der Waals surface area contributed by atoms with Crippen LogP contribution in [0.5, 0.6) is 0 Å². The summed E-state index contributed by atoms with van der Waals surface area (Å²) in [6, 6.07) is -0.114. The quantitative estimate of drug-likeness (QED) is 0.625. The zero-order chi connectivity index (χ0) is 16.6. The third-order valence-electron chi connectivity index (χ3n) is 3.95. The molecule has 0 aliphatic heterocycles. The minimum Gasteiger partial charge on any atom is -0.212 e. The molecule has 22 heavy (non-hydrogen) atoms. The van der Waals surface area contributed by atoms with Crippen LogP contribution in [0.3, 0.4) is 0 Å². The molecule has 2 N–H and O–H groups in total. The summed E-state index contributed by atoms with van der Waals surface area (Å²) in [6.07, 6.45) is 5.79.